The second-order valence-electron chi connectivity index (χ2n) is 5.11. The minimum absolute atomic E-state index is 0.114. The molecule has 1 fully saturated rings. The van der Waals surface area contributed by atoms with Gasteiger partial charge in [0, 0.05) is 11.5 Å². The van der Waals surface area contributed by atoms with E-state index in [1.807, 2.05) is 0 Å². The van der Waals surface area contributed by atoms with Gasteiger partial charge in [0.1, 0.15) is 5.82 Å². The molecule has 2 aliphatic rings. The molecule has 0 bridgehead atoms. The van der Waals surface area contributed by atoms with Crippen molar-refractivity contribution in [3.05, 3.63) is 27.4 Å². The highest BCUT2D eigenvalue weighted by Gasteiger charge is 2.21. The van der Waals surface area contributed by atoms with Crippen LogP contribution in [0.5, 0.6) is 0 Å². The van der Waals surface area contributed by atoms with Crippen molar-refractivity contribution in [2.24, 2.45) is 0 Å². The van der Waals surface area contributed by atoms with Gasteiger partial charge in [0.2, 0.25) is 0 Å². The normalized spacial score (nSPS) is 21.2. The summed E-state index contributed by atoms with van der Waals surface area (Å²) in [6, 6.07) is 0. The molecule has 3 rings (SSSR count). The third-order valence-electron chi connectivity index (χ3n) is 3.94. The molecule has 4 nitrogen and oxygen atoms in total. The Labute approximate surface area is 101 Å². The summed E-state index contributed by atoms with van der Waals surface area (Å²) in [7, 11) is 0. The Morgan fingerprint density at radius 1 is 1.12 bits per heavy atom. The van der Waals surface area contributed by atoms with Gasteiger partial charge in [-0.3, -0.25) is 4.79 Å². The second kappa shape index (κ2) is 4.61. The first kappa shape index (κ1) is 11.0. The average Bonchev–Trinajstić information content (AvgIpc) is 2.40. The van der Waals surface area contributed by atoms with Gasteiger partial charge in [-0.15, -0.1) is 0 Å². The van der Waals surface area contributed by atoms with E-state index in [1.165, 1.54) is 6.42 Å². The molecule has 17 heavy (non-hydrogen) atoms. The first-order valence-electron chi connectivity index (χ1n) is 6.67. The Morgan fingerprint density at radius 2 is 1.88 bits per heavy atom. The van der Waals surface area contributed by atoms with Gasteiger partial charge < -0.3 is 10.3 Å². The van der Waals surface area contributed by atoms with Crippen molar-refractivity contribution in [1.29, 1.82) is 0 Å². The number of aryl methyl sites for hydroxylation is 1. The second-order valence-corrected chi connectivity index (χ2v) is 5.11. The van der Waals surface area contributed by atoms with Crippen LogP contribution in [0.1, 0.15) is 48.7 Å². The SMILES string of the molecule is O=c1[nH]c(C2CCNCC2)nc2c1CCCC2. The topological polar surface area (TPSA) is 57.8 Å². The fraction of sp³-hybridized carbons (Fsp3) is 0.692. The minimum atomic E-state index is 0.114. The zero-order valence-electron chi connectivity index (χ0n) is 10.1. The molecule has 1 saturated heterocycles. The highest BCUT2D eigenvalue weighted by molar-refractivity contribution is 5.21. The maximum Gasteiger partial charge on any atom is 0.254 e. The van der Waals surface area contributed by atoms with Gasteiger partial charge in [-0.2, -0.15) is 0 Å². The zero-order valence-corrected chi connectivity index (χ0v) is 10.1. The number of nitrogens with one attached hydrogen (secondary N) is 2. The summed E-state index contributed by atoms with van der Waals surface area (Å²) < 4.78 is 0. The number of fused-ring (bicyclic) bond motifs is 1. The van der Waals surface area contributed by atoms with E-state index in [-0.39, 0.29) is 5.56 Å². The van der Waals surface area contributed by atoms with Gasteiger partial charge >= 0.3 is 0 Å². The number of rotatable bonds is 1. The van der Waals surface area contributed by atoms with Crippen LogP contribution in [-0.4, -0.2) is 23.1 Å². The molecule has 1 aliphatic heterocycles. The van der Waals surface area contributed by atoms with E-state index < -0.39 is 0 Å². The molecule has 0 radical (unpaired) electrons. The lowest BCUT2D eigenvalue weighted by molar-refractivity contribution is 0.441. The van der Waals surface area contributed by atoms with E-state index in [4.69, 9.17) is 4.98 Å². The Hall–Kier alpha value is -1.16. The highest BCUT2D eigenvalue weighted by Crippen LogP contribution is 2.23. The number of piperidine rings is 1. The highest BCUT2D eigenvalue weighted by atomic mass is 16.1. The summed E-state index contributed by atoms with van der Waals surface area (Å²) in [6.45, 7) is 2.07. The van der Waals surface area contributed by atoms with E-state index in [2.05, 4.69) is 10.3 Å². The van der Waals surface area contributed by atoms with Crippen LogP contribution in [0, 0.1) is 0 Å². The summed E-state index contributed by atoms with van der Waals surface area (Å²) >= 11 is 0. The molecule has 0 spiro atoms. The van der Waals surface area contributed by atoms with Gasteiger partial charge in [-0.05, 0) is 51.6 Å². The molecule has 1 aromatic heterocycles. The van der Waals surface area contributed by atoms with Crippen LogP contribution in [0.4, 0.5) is 0 Å². The summed E-state index contributed by atoms with van der Waals surface area (Å²) in [5.41, 5.74) is 2.12. The molecule has 92 valence electrons. The van der Waals surface area contributed by atoms with Crippen LogP contribution in [-0.2, 0) is 12.8 Å². The minimum Gasteiger partial charge on any atom is -0.317 e. The standard InChI is InChI=1S/C13H19N3O/c17-13-10-3-1-2-4-11(10)15-12(16-13)9-5-7-14-8-6-9/h9,14H,1-8H2,(H,15,16,17). The number of H-pyrrole nitrogens is 1. The molecule has 0 saturated carbocycles. The van der Waals surface area contributed by atoms with Gasteiger partial charge in [0.15, 0.2) is 0 Å². The van der Waals surface area contributed by atoms with Crippen molar-refractivity contribution in [2.75, 3.05) is 13.1 Å². The number of hydrogen-bond acceptors (Lipinski definition) is 3. The summed E-state index contributed by atoms with van der Waals surface area (Å²) in [5.74, 6) is 1.37. The smallest absolute Gasteiger partial charge is 0.254 e. The maximum absolute atomic E-state index is 12.0. The predicted molar refractivity (Wildman–Crippen MR) is 66.3 cm³/mol. The van der Waals surface area contributed by atoms with E-state index in [9.17, 15) is 4.79 Å². The van der Waals surface area contributed by atoms with E-state index in [1.54, 1.807) is 0 Å². The van der Waals surface area contributed by atoms with Crippen molar-refractivity contribution in [3.8, 4) is 0 Å². The van der Waals surface area contributed by atoms with Crippen LogP contribution in [0.25, 0.3) is 0 Å². The third-order valence-corrected chi connectivity index (χ3v) is 3.94. The molecule has 0 amide bonds. The molecule has 0 aromatic carbocycles. The van der Waals surface area contributed by atoms with Crippen LogP contribution < -0.4 is 10.9 Å². The number of aromatic nitrogens is 2. The fourth-order valence-corrected chi connectivity index (χ4v) is 2.91. The van der Waals surface area contributed by atoms with E-state index >= 15 is 0 Å². The molecule has 0 atom stereocenters. The van der Waals surface area contributed by atoms with Gasteiger partial charge in [-0.1, -0.05) is 0 Å². The molecular weight excluding hydrogens is 214 g/mol. The van der Waals surface area contributed by atoms with Crippen LogP contribution in [0.15, 0.2) is 4.79 Å². The van der Waals surface area contributed by atoms with Crippen LogP contribution in [0.2, 0.25) is 0 Å². The largest absolute Gasteiger partial charge is 0.317 e. The van der Waals surface area contributed by atoms with Crippen LogP contribution in [0.3, 0.4) is 0 Å². The fourth-order valence-electron chi connectivity index (χ4n) is 2.91. The summed E-state index contributed by atoms with van der Waals surface area (Å²) in [6.07, 6.45) is 6.37. The van der Waals surface area contributed by atoms with E-state index in [0.29, 0.717) is 5.92 Å². The van der Waals surface area contributed by atoms with Gasteiger partial charge in [0.05, 0.1) is 5.69 Å². The lowest BCUT2D eigenvalue weighted by atomic mass is 9.94. The molecule has 1 aromatic rings. The number of aromatic amines is 1. The molecule has 0 unspecified atom stereocenters. The first-order chi connectivity index (χ1) is 8.34. The Morgan fingerprint density at radius 3 is 2.71 bits per heavy atom. The first-order valence-corrected chi connectivity index (χ1v) is 6.67. The predicted octanol–water partition coefficient (Wildman–Crippen LogP) is 1.12. The Bertz CT molecular complexity index is 460. The third kappa shape index (κ3) is 2.14. The average molecular weight is 233 g/mol. The quantitative estimate of drug-likeness (QED) is 0.764. The van der Waals surface area contributed by atoms with Crippen molar-refractivity contribution in [3.63, 3.8) is 0 Å². The van der Waals surface area contributed by atoms with Gasteiger partial charge in [0.25, 0.3) is 5.56 Å². The van der Waals surface area contributed by atoms with Crippen molar-refractivity contribution < 1.29 is 0 Å². The molecule has 4 heteroatoms. The lowest BCUT2D eigenvalue weighted by Gasteiger charge is -2.23. The Kier molecular flexibility index (Phi) is 2.97. The van der Waals surface area contributed by atoms with Gasteiger partial charge in [-0.25, -0.2) is 4.98 Å². The van der Waals surface area contributed by atoms with Crippen molar-refractivity contribution in [1.82, 2.24) is 15.3 Å². The molecule has 2 N–H and O–H groups in total. The monoisotopic (exact) mass is 233 g/mol. The van der Waals surface area contributed by atoms with Crippen molar-refractivity contribution in [2.45, 2.75) is 44.4 Å². The number of nitrogens with zero attached hydrogens (tertiary/aromatic N) is 1. The summed E-state index contributed by atoms with van der Waals surface area (Å²) in [5, 5.41) is 3.34. The molecular formula is C13H19N3O. The van der Waals surface area contributed by atoms with E-state index in [0.717, 1.165) is 62.3 Å². The molecule has 2 heterocycles. The summed E-state index contributed by atoms with van der Waals surface area (Å²) in [4.78, 5) is 19.7. The lowest BCUT2D eigenvalue weighted by Crippen LogP contribution is -2.30. The molecule has 1 aliphatic carbocycles. The Balaban J connectivity index is 1.95. The zero-order chi connectivity index (χ0) is 11.7. The maximum atomic E-state index is 12.0. The van der Waals surface area contributed by atoms with Crippen LogP contribution >= 0.6 is 0 Å². The number of hydrogen-bond donors (Lipinski definition) is 2. The van der Waals surface area contributed by atoms with Crippen molar-refractivity contribution >= 4 is 0 Å².